The topological polar surface area (TPSA) is 143 Å². The van der Waals surface area contributed by atoms with Gasteiger partial charge in [0.05, 0.1) is 12.3 Å². The van der Waals surface area contributed by atoms with Crippen LogP contribution in [-0.4, -0.2) is 47.7 Å². The van der Waals surface area contributed by atoms with Crippen molar-refractivity contribution >= 4 is 17.5 Å². The van der Waals surface area contributed by atoms with Gasteiger partial charge in [-0.05, 0) is 54.7 Å². The third kappa shape index (κ3) is 4.79. The molecule has 0 unspecified atom stereocenters. The molecule has 1 aromatic carbocycles. The molecule has 0 radical (unpaired) electrons. The maximum atomic E-state index is 13.7. The lowest BCUT2D eigenvalue weighted by Crippen LogP contribution is -2.25. The molecule has 1 aliphatic carbocycles. The molecule has 5 rings (SSSR count). The van der Waals surface area contributed by atoms with Crippen molar-refractivity contribution in [2.24, 2.45) is 0 Å². The Bertz CT molecular complexity index is 1350. The molecule has 0 saturated heterocycles. The second-order valence-corrected chi connectivity index (χ2v) is 8.79. The molecule has 3 N–H and O–H groups in total. The van der Waals surface area contributed by atoms with E-state index in [9.17, 15) is 9.59 Å². The monoisotopic (exact) mass is 476 g/mol. The highest BCUT2D eigenvalue weighted by Gasteiger charge is 2.26. The average molecular weight is 477 g/mol. The van der Waals surface area contributed by atoms with E-state index in [0.717, 1.165) is 49.8 Å². The first-order chi connectivity index (χ1) is 17.1. The maximum Gasteiger partial charge on any atom is 0.276 e. The largest absolute Gasteiger partial charge is 0.494 e. The summed E-state index contributed by atoms with van der Waals surface area (Å²) in [7, 11) is 0. The van der Waals surface area contributed by atoms with E-state index in [1.807, 2.05) is 24.3 Å². The van der Waals surface area contributed by atoms with Crippen LogP contribution in [0.25, 0.3) is 16.9 Å². The molecule has 1 amide bonds. The molecule has 35 heavy (non-hydrogen) atoms. The highest BCUT2D eigenvalue weighted by atomic mass is 16.5. The second kappa shape index (κ2) is 10.1. The minimum atomic E-state index is -0.495. The molecule has 1 saturated carbocycles. The predicted octanol–water partition coefficient (Wildman–Crippen LogP) is 3.68. The molecule has 0 atom stereocenters. The normalized spacial score (nSPS) is 14.3. The van der Waals surface area contributed by atoms with E-state index in [1.165, 1.54) is 10.9 Å². The van der Waals surface area contributed by atoms with Gasteiger partial charge in [-0.2, -0.15) is 5.21 Å². The maximum absolute atomic E-state index is 13.7. The summed E-state index contributed by atoms with van der Waals surface area (Å²) in [5, 5.41) is 18.6. The fourth-order valence-electron chi connectivity index (χ4n) is 4.56. The minimum absolute atomic E-state index is 0.0405. The smallest absolute Gasteiger partial charge is 0.276 e. The Hall–Kier alpha value is -4.02. The first-order valence-electron chi connectivity index (χ1n) is 12.1. The predicted molar refractivity (Wildman–Crippen MR) is 130 cm³/mol. The van der Waals surface area contributed by atoms with Gasteiger partial charge in [-0.15, -0.1) is 5.10 Å². The number of nitrogens with zero attached hydrogens (tertiary/aromatic N) is 5. The first kappa shape index (κ1) is 22.8. The lowest BCUT2D eigenvalue weighted by molar-refractivity contribution is 0.102. The van der Waals surface area contributed by atoms with Crippen LogP contribution in [-0.2, 0) is 0 Å². The van der Waals surface area contributed by atoms with Crippen LogP contribution in [0.4, 0.5) is 5.95 Å². The summed E-state index contributed by atoms with van der Waals surface area (Å²) < 4.78 is 7.15. The molecule has 4 aromatic rings. The Morgan fingerprint density at radius 2 is 2.00 bits per heavy atom. The van der Waals surface area contributed by atoms with E-state index in [4.69, 9.17) is 9.72 Å². The Morgan fingerprint density at radius 3 is 2.71 bits per heavy atom. The Labute approximate surface area is 201 Å². The number of amides is 1. The number of unbranched alkanes of at least 4 members (excludes halogenated alkanes) is 1. The Morgan fingerprint density at radius 1 is 1.20 bits per heavy atom. The number of anilines is 1. The van der Waals surface area contributed by atoms with Gasteiger partial charge in [-0.25, -0.2) is 9.50 Å². The van der Waals surface area contributed by atoms with Gasteiger partial charge in [0.25, 0.3) is 17.4 Å². The molecule has 11 heteroatoms. The van der Waals surface area contributed by atoms with Gasteiger partial charge in [-0.1, -0.05) is 37.7 Å². The zero-order valence-corrected chi connectivity index (χ0v) is 19.6. The molecule has 0 bridgehead atoms. The van der Waals surface area contributed by atoms with Gasteiger partial charge < -0.3 is 4.74 Å². The number of carbonyl (C=O) groups excluding carboxylic acids is 1. The lowest BCUT2D eigenvalue weighted by Gasteiger charge is -2.23. The molecule has 182 valence electrons. The van der Waals surface area contributed by atoms with Crippen LogP contribution in [0.3, 0.4) is 0 Å². The van der Waals surface area contributed by atoms with E-state index in [2.05, 4.69) is 38.0 Å². The zero-order valence-electron chi connectivity index (χ0n) is 19.6. The van der Waals surface area contributed by atoms with Crippen LogP contribution in [0.1, 0.15) is 73.8 Å². The van der Waals surface area contributed by atoms with Crippen molar-refractivity contribution in [2.75, 3.05) is 11.9 Å². The average Bonchev–Trinajstić information content (AvgIpc) is 3.55. The molecule has 1 aliphatic rings. The number of H-pyrrole nitrogens is 2. The Kier molecular flexibility index (Phi) is 6.55. The number of aromatic nitrogens is 7. The van der Waals surface area contributed by atoms with Gasteiger partial charge in [0, 0.05) is 17.2 Å². The molecule has 11 nitrogen and oxygen atoms in total. The molecular formula is C24H28N8O3. The fourth-order valence-corrected chi connectivity index (χ4v) is 4.56. The van der Waals surface area contributed by atoms with Crippen molar-refractivity contribution in [3.8, 4) is 17.0 Å². The third-order valence-electron chi connectivity index (χ3n) is 6.37. The molecule has 0 spiro atoms. The number of hydrogen-bond donors (Lipinski definition) is 3. The van der Waals surface area contributed by atoms with Crippen LogP contribution >= 0.6 is 0 Å². The number of nitrogens with one attached hydrogen (secondary N) is 3. The van der Waals surface area contributed by atoms with Crippen molar-refractivity contribution in [3.63, 3.8) is 0 Å². The summed E-state index contributed by atoms with van der Waals surface area (Å²) in [4.78, 5) is 31.2. The van der Waals surface area contributed by atoms with Crippen molar-refractivity contribution < 1.29 is 9.53 Å². The number of aromatic amines is 2. The number of rotatable bonds is 8. The highest BCUT2D eigenvalue weighted by molar-refractivity contribution is 6.02. The molecule has 1 fully saturated rings. The number of carbonyl (C=O) groups is 1. The van der Waals surface area contributed by atoms with Gasteiger partial charge in [0.2, 0.25) is 0 Å². The summed E-state index contributed by atoms with van der Waals surface area (Å²) in [6.45, 7) is 2.80. The van der Waals surface area contributed by atoms with Crippen LogP contribution < -0.4 is 15.6 Å². The van der Waals surface area contributed by atoms with E-state index in [1.54, 1.807) is 6.07 Å². The van der Waals surface area contributed by atoms with Crippen molar-refractivity contribution in [2.45, 2.75) is 57.8 Å². The standard InChI is InChI=1S/C24H28N8O3/c1-2-3-13-35-17-11-9-16(10-12-17)21-20(15-7-5-4-6-8-15)23(34)32-19(25-21)14-18(29-32)22(33)26-24-27-30-31-28-24/h9-12,14-15,29H,2-8,13H2,1H3,(H2,26,27,28,30,31,33). The van der Waals surface area contributed by atoms with Crippen molar-refractivity contribution in [1.29, 1.82) is 0 Å². The van der Waals surface area contributed by atoms with Crippen LogP contribution in [0.5, 0.6) is 5.75 Å². The lowest BCUT2D eigenvalue weighted by atomic mass is 9.83. The Balaban J connectivity index is 1.54. The first-order valence-corrected chi connectivity index (χ1v) is 12.1. The molecule has 0 aliphatic heterocycles. The summed E-state index contributed by atoms with van der Waals surface area (Å²) in [6.07, 6.45) is 7.30. The second-order valence-electron chi connectivity index (χ2n) is 8.79. The summed E-state index contributed by atoms with van der Waals surface area (Å²) in [5.74, 6) is 0.460. The minimum Gasteiger partial charge on any atom is -0.494 e. The number of tetrazole rings is 1. The summed E-state index contributed by atoms with van der Waals surface area (Å²) in [5.41, 5.74) is 2.56. The molecular weight excluding hydrogens is 448 g/mol. The number of ether oxygens (including phenoxy) is 1. The molecule has 3 aromatic heterocycles. The van der Waals surface area contributed by atoms with Gasteiger partial charge in [0.15, 0.2) is 5.65 Å². The number of hydrogen-bond acceptors (Lipinski definition) is 7. The van der Waals surface area contributed by atoms with Crippen LogP contribution in [0.15, 0.2) is 35.1 Å². The van der Waals surface area contributed by atoms with Crippen LogP contribution in [0.2, 0.25) is 0 Å². The van der Waals surface area contributed by atoms with E-state index < -0.39 is 5.91 Å². The SMILES string of the molecule is CCCCOc1ccc(-c2nc3cc(C(=O)Nc4nn[nH]n4)[nH]n3c(=O)c2C2CCCCC2)cc1. The van der Waals surface area contributed by atoms with E-state index in [0.29, 0.717) is 23.5 Å². The van der Waals surface area contributed by atoms with Crippen molar-refractivity contribution in [1.82, 2.24) is 35.2 Å². The van der Waals surface area contributed by atoms with Crippen molar-refractivity contribution in [3.05, 3.63) is 51.9 Å². The number of benzene rings is 1. The van der Waals surface area contributed by atoms with Gasteiger partial charge in [-0.3, -0.25) is 20.0 Å². The van der Waals surface area contributed by atoms with Gasteiger partial charge in [0.1, 0.15) is 11.4 Å². The summed E-state index contributed by atoms with van der Waals surface area (Å²) >= 11 is 0. The van der Waals surface area contributed by atoms with Gasteiger partial charge >= 0.3 is 0 Å². The quantitative estimate of drug-likeness (QED) is 0.329. The third-order valence-corrected chi connectivity index (χ3v) is 6.37. The highest BCUT2D eigenvalue weighted by Crippen LogP contribution is 2.36. The van der Waals surface area contributed by atoms with E-state index >= 15 is 0 Å². The fraction of sp³-hybridized carbons (Fsp3) is 0.417. The van der Waals surface area contributed by atoms with Crippen LogP contribution in [0, 0.1) is 0 Å². The zero-order chi connectivity index (χ0) is 24.2. The molecule has 3 heterocycles. The summed E-state index contributed by atoms with van der Waals surface area (Å²) in [6, 6.07) is 9.28. The number of fused-ring (bicyclic) bond motifs is 1. The van der Waals surface area contributed by atoms with E-state index in [-0.39, 0.29) is 23.1 Å².